The van der Waals surface area contributed by atoms with Crippen LogP contribution in [0.15, 0.2) is 18.2 Å². The van der Waals surface area contributed by atoms with Crippen LogP contribution in [0.3, 0.4) is 0 Å². The van der Waals surface area contributed by atoms with Gasteiger partial charge in [0.25, 0.3) is 0 Å². The summed E-state index contributed by atoms with van der Waals surface area (Å²) in [5, 5.41) is 0. The molecule has 2 rings (SSSR count). The molecule has 0 radical (unpaired) electrons. The van der Waals surface area contributed by atoms with Crippen molar-refractivity contribution in [1.82, 2.24) is 4.72 Å². The van der Waals surface area contributed by atoms with E-state index in [2.05, 4.69) is 4.72 Å². The quantitative estimate of drug-likeness (QED) is 0.733. The number of nitrogens with one attached hydrogen (secondary N) is 1. The third kappa shape index (κ3) is 2.30. The van der Waals surface area contributed by atoms with Crippen molar-refractivity contribution in [2.45, 2.75) is 18.9 Å². The maximum Gasteiger partial charge on any atom is 0.209 e. The first kappa shape index (κ1) is 10.4. The predicted octanol–water partition coefficient (Wildman–Crippen LogP) is 0.805. The molecular formula is C10H14N2O2S. The van der Waals surface area contributed by atoms with Gasteiger partial charge in [0.2, 0.25) is 10.0 Å². The Hall–Kier alpha value is -1.07. The Morgan fingerprint density at radius 2 is 2.20 bits per heavy atom. The lowest BCUT2D eigenvalue weighted by Crippen LogP contribution is -2.25. The molecule has 0 bridgehead atoms. The molecule has 0 heterocycles. The average molecular weight is 226 g/mol. The van der Waals surface area contributed by atoms with Gasteiger partial charge in [-0.1, -0.05) is 6.07 Å². The Morgan fingerprint density at radius 3 is 2.87 bits per heavy atom. The minimum absolute atomic E-state index is 0.113. The van der Waals surface area contributed by atoms with Crippen LogP contribution < -0.4 is 10.5 Å². The third-order valence-corrected chi connectivity index (χ3v) is 3.32. The van der Waals surface area contributed by atoms with Crippen LogP contribution in [0.4, 0.5) is 5.69 Å². The first-order valence-corrected chi connectivity index (χ1v) is 6.70. The third-order valence-electron chi connectivity index (χ3n) is 2.60. The van der Waals surface area contributed by atoms with E-state index in [4.69, 9.17) is 5.73 Å². The molecule has 0 amide bonds. The van der Waals surface area contributed by atoms with Crippen LogP contribution in [0.2, 0.25) is 0 Å². The number of anilines is 1. The van der Waals surface area contributed by atoms with Gasteiger partial charge in [0.1, 0.15) is 0 Å². The predicted molar refractivity (Wildman–Crippen MR) is 59.9 cm³/mol. The molecule has 0 saturated carbocycles. The number of aryl methyl sites for hydroxylation is 1. The van der Waals surface area contributed by atoms with Crippen LogP contribution in [0.25, 0.3) is 0 Å². The smallest absolute Gasteiger partial charge is 0.209 e. The van der Waals surface area contributed by atoms with Crippen molar-refractivity contribution in [3.8, 4) is 0 Å². The van der Waals surface area contributed by atoms with E-state index < -0.39 is 10.0 Å². The van der Waals surface area contributed by atoms with Crippen molar-refractivity contribution < 1.29 is 8.42 Å². The second-order valence-corrected chi connectivity index (χ2v) is 5.72. The minimum Gasteiger partial charge on any atom is -0.399 e. The van der Waals surface area contributed by atoms with Gasteiger partial charge < -0.3 is 5.73 Å². The summed E-state index contributed by atoms with van der Waals surface area (Å²) in [6, 6.07) is 5.56. The summed E-state index contributed by atoms with van der Waals surface area (Å²) >= 11 is 0. The molecule has 0 unspecified atom stereocenters. The molecule has 0 aromatic heterocycles. The fourth-order valence-electron chi connectivity index (χ4n) is 2.00. The van der Waals surface area contributed by atoms with E-state index in [-0.39, 0.29) is 6.04 Å². The molecular weight excluding hydrogens is 212 g/mol. The van der Waals surface area contributed by atoms with Gasteiger partial charge in [-0.25, -0.2) is 13.1 Å². The molecule has 1 aliphatic carbocycles. The van der Waals surface area contributed by atoms with Crippen molar-refractivity contribution in [3.05, 3.63) is 29.3 Å². The van der Waals surface area contributed by atoms with Crippen LogP contribution in [0.1, 0.15) is 23.6 Å². The molecule has 0 aliphatic heterocycles. The van der Waals surface area contributed by atoms with Crippen LogP contribution in [0, 0.1) is 0 Å². The summed E-state index contributed by atoms with van der Waals surface area (Å²) in [5.74, 6) is 0. The molecule has 5 heteroatoms. The Morgan fingerprint density at radius 1 is 1.47 bits per heavy atom. The molecule has 0 spiro atoms. The van der Waals surface area contributed by atoms with Crippen LogP contribution >= 0.6 is 0 Å². The molecule has 15 heavy (non-hydrogen) atoms. The lowest BCUT2D eigenvalue weighted by atomic mass is 10.1. The largest absolute Gasteiger partial charge is 0.399 e. The van der Waals surface area contributed by atoms with Crippen molar-refractivity contribution in [3.63, 3.8) is 0 Å². The van der Waals surface area contributed by atoms with Crippen LogP contribution in [0.5, 0.6) is 0 Å². The highest BCUT2D eigenvalue weighted by Crippen LogP contribution is 2.32. The number of benzene rings is 1. The number of sulfonamides is 1. The van der Waals surface area contributed by atoms with Crippen LogP contribution in [-0.2, 0) is 16.4 Å². The summed E-state index contributed by atoms with van der Waals surface area (Å²) in [6.45, 7) is 0. The van der Waals surface area contributed by atoms with Gasteiger partial charge in [-0.2, -0.15) is 0 Å². The molecule has 1 atom stereocenters. The Kier molecular flexibility index (Phi) is 2.44. The lowest BCUT2D eigenvalue weighted by molar-refractivity contribution is 0.560. The van der Waals surface area contributed by atoms with E-state index in [0.29, 0.717) is 5.69 Å². The zero-order valence-corrected chi connectivity index (χ0v) is 9.34. The summed E-state index contributed by atoms with van der Waals surface area (Å²) in [5.41, 5.74) is 8.56. The standard InChI is InChI=1S/C10H14N2O2S/c1-15(13,14)12-10-5-3-7-2-4-8(11)6-9(7)10/h2,4,6,10,12H,3,5,11H2,1H3/t10-/m1/s1. The summed E-state index contributed by atoms with van der Waals surface area (Å²) in [4.78, 5) is 0. The second-order valence-electron chi connectivity index (χ2n) is 3.94. The molecule has 0 saturated heterocycles. The van der Waals surface area contributed by atoms with Gasteiger partial charge in [-0.15, -0.1) is 0 Å². The number of rotatable bonds is 2. The normalized spacial score (nSPS) is 20.2. The van der Waals surface area contributed by atoms with E-state index >= 15 is 0 Å². The van der Waals surface area contributed by atoms with Crippen molar-refractivity contribution in [2.24, 2.45) is 0 Å². The first-order chi connectivity index (χ1) is 6.96. The maximum atomic E-state index is 11.1. The fraction of sp³-hybridized carbons (Fsp3) is 0.400. The molecule has 1 aromatic carbocycles. The summed E-state index contributed by atoms with van der Waals surface area (Å²) < 4.78 is 24.9. The second kappa shape index (κ2) is 3.50. The van der Waals surface area contributed by atoms with Crippen molar-refractivity contribution in [2.75, 3.05) is 12.0 Å². The number of hydrogen-bond donors (Lipinski definition) is 2. The SMILES string of the molecule is CS(=O)(=O)N[C@@H]1CCc2ccc(N)cc21. The van der Waals surface area contributed by atoms with Gasteiger partial charge in [0, 0.05) is 11.7 Å². The van der Waals surface area contributed by atoms with Gasteiger partial charge in [0.15, 0.2) is 0 Å². The van der Waals surface area contributed by atoms with E-state index in [1.165, 1.54) is 11.8 Å². The maximum absolute atomic E-state index is 11.1. The molecule has 1 aromatic rings. The summed E-state index contributed by atoms with van der Waals surface area (Å²) in [7, 11) is -3.15. The first-order valence-electron chi connectivity index (χ1n) is 4.81. The highest BCUT2D eigenvalue weighted by Gasteiger charge is 2.24. The minimum atomic E-state index is -3.15. The number of nitrogens with two attached hydrogens (primary N) is 1. The Bertz CT molecular complexity index is 482. The molecule has 3 N–H and O–H groups in total. The van der Waals surface area contributed by atoms with E-state index in [9.17, 15) is 8.42 Å². The Balaban J connectivity index is 2.32. The lowest BCUT2D eigenvalue weighted by Gasteiger charge is -2.12. The van der Waals surface area contributed by atoms with Gasteiger partial charge >= 0.3 is 0 Å². The molecule has 4 nitrogen and oxygen atoms in total. The van der Waals surface area contributed by atoms with E-state index in [1.54, 1.807) is 0 Å². The zero-order chi connectivity index (χ0) is 11.1. The highest BCUT2D eigenvalue weighted by molar-refractivity contribution is 7.88. The van der Waals surface area contributed by atoms with E-state index in [0.717, 1.165) is 18.4 Å². The molecule has 1 aliphatic rings. The topological polar surface area (TPSA) is 72.2 Å². The van der Waals surface area contributed by atoms with Crippen molar-refractivity contribution >= 4 is 15.7 Å². The summed E-state index contributed by atoms with van der Waals surface area (Å²) in [6.07, 6.45) is 2.89. The zero-order valence-electron chi connectivity index (χ0n) is 8.53. The molecule has 82 valence electrons. The average Bonchev–Trinajstić information content (AvgIpc) is 2.46. The number of fused-ring (bicyclic) bond motifs is 1. The fourth-order valence-corrected chi connectivity index (χ4v) is 2.76. The molecule has 0 fully saturated rings. The van der Waals surface area contributed by atoms with Gasteiger partial charge in [0.05, 0.1) is 6.26 Å². The monoisotopic (exact) mass is 226 g/mol. The highest BCUT2D eigenvalue weighted by atomic mass is 32.2. The van der Waals surface area contributed by atoms with Crippen LogP contribution in [-0.4, -0.2) is 14.7 Å². The Labute approximate surface area is 89.5 Å². The van der Waals surface area contributed by atoms with Gasteiger partial charge in [-0.05, 0) is 36.1 Å². The number of hydrogen-bond acceptors (Lipinski definition) is 3. The van der Waals surface area contributed by atoms with E-state index in [1.807, 2.05) is 18.2 Å². The number of nitrogen functional groups attached to an aromatic ring is 1. The van der Waals surface area contributed by atoms with Crippen molar-refractivity contribution in [1.29, 1.82) is 0 Å². The van der Waals surface area contributed by atoms with Gasteiger partial charge in [-0.3, -0.25) is 0 Å².